The number of hydrogen-bond donors (Lipinski definition) is 2. The predicted octanol–water partition coefficient (Wildman–Crippen LogP) is 2.07. The summed E-state index contributed by atoms with van der Waals surface area (Å²) in [4.78, 5) is 0. The van der Waals surface area contributed by atoms with Crippen molar-refractivity contribution >= 4 is 0 Å². The van der Waals surface area contributed by atoms with E-state index in [2.05, 4.69) is 12.2 Å². The van der Waals surface area contributed by atoms with Crippen LogP contribution >= 0.6 is 0 Å². The van der Waals surface area contributed by atoms with Crippen molar-refractivity contribution in [1.29, 1.82) is 0 Å². The van der Waals surface area contributed by atoms with Crippen molar-refractivity contribution in [1.82, 2.24) is 5.32 Å². The molecule has 0 amide bonds. The van der Waals surface area contributed by atoms with Crippen LogP contribution in [0.5, 0.6) is 0 Å². The summed E-state index contributed by atoms with van der Waals surface area (Å²) in [5.41, 5.74) is 0.539. The van der Waals surface area contributed by atoms with E-state index in [4.69, 9.17) is 0 Å². The van der Waals surface area contributed by atoms with Gasteiger partial charge in [0.15, 0.2) is 0 Å². The van der Waals surface area contributed by atoms with Gasteiger partial charge in [-0.1, -0.05) is 26.2 Å². The first-order valence-electron chi connectivity index (χ1n) is 6.11. The van der Waals surface area contributed by atoms with Gasteiger partial charge in [0.2, 0.25) is 0 Å². The van der Waals surface area contributed by atoms with Crippen LogP contribution in [0.1, 0.15) is 51.9 Å². The molecule has 2 atom stereocenters. The van der Waals surface area contributed by atoms with E-state index in [0.717, 1.165) is 19.4 Å². The van der Waals surface area contributed by atoms with E-state index >= 15 is 0 Å². The standard InChI is InChI=1S/C12H23NO/c1-12(7-4-8-12)9-13-10-5-2-3-6-11(10)14/h10-11,13-14H,2-9H2,1H3. The van der Waals surface area contributed by atoms with E-state index in [-0.39, 0.29) is 6.10 Å². The molecule has 0 saturated heterocycles. The molecule has 2 saturated carbocycles. The third-order valence-corrected chi connectivity index (χ3v) is 4.08. The Kier molecular flexibility index (Phi) is 3.13. The Balaban J connectivity index is 1.73. The summed E-state index contributed by atoms with van der Waals surface area (Å²) in [7, 11) is 0. The van der Waals surface area contributed by atoms with Gasteiger partial charge < -0.3 is 10.4 Å². The molecule has 2 rings (SSSR count). The Morgan fingerprint density at radius 2 is 1.93 bits per heavy atom. The van der Waals surface area contributed by atoms with Crippen molar-refractivity contribution in [3.63, 3.8) is 0 Å². The molecule has 14 heavy (non-hydrogen) atoms. The van der Waals surface area contributed by atoms with Crippen LogP contribution in [0.3, 0.4) is 0 Å². The molecule has 2 aliphatic rings. The summed E-state index contributed by atoms with van der Waals surface area (Å²) < 4.78 is 0. The van der Waals surface area contributed by atoms with Crippen LogP contribution in [0.15, 0.2) is 0 Å². The van der Waals surface area contributed by atoms with Crippen LogP contribution in [0.25, 0.3) is 0 Å². The topological polar surface area (TPSA) is 32.3 Å². The molecule has 0 aromatic rings. The maximum Gasteiger partial charge on any atom is 0.0693 e. The van der Waals surface area contributed by atoms with Crippen LogP contribution < -0.4 is 5.32 Å². The molecular weight excluding hydrogens is 174 g/mol. The Bertz CT molecular complexity index is 189. The summed E-state index contributed by atoms with van der Waals surface area (Å²) in [5, 5.41) is 13.4. The fraction of sp³-hybridized carbons (Fsp3) is 1.00. The zero-order valence-electron chi connectivity index (χ0n) is 9.26. The molecule has 0 bridgehead atoms. The zero-order valence-corrected chi connectivity index (χ0v) is 9.26. The molecule has 0 radical (unpaired) electrons. The third-order valence-electron chi connectivity index (χ3n) is 4.08. The van der Waals surface area contributed by atoms with E-state index in [1.54, 1.807) is 0 Å². The first-order chi connectivity index (χ1) is 6.70. The minimum Gasteiger partial charge on any atom is -0.392 e. The Hall–Kier alpha value is -0.0800. The lowest BCUT2D eigenvalue weighted by atomic mass is 9.70. The summed E-state index contributed by atoms with van der Waals surface area (Å²) in [6, 6.07) is 0.376. The smallest absolute Gasteiger partial charge is 0.0693 e. The molecule has 2 heteroatoms. The van der Waals surface area contributed by atoms with E-state index in [9.17, 15) is 5.11 Å². The molecule has 2 aliphatic carbocycles. The first-order valence-corrected chi connectivity index (χ1v) is 6.11. The first kappa shape index (κ1) is 10.4. The average Bonchev–Trinajstić information content (AvgIpc) is 2.14. The monoisotopic (exact) mass is 197 g/mol. The molecule has 2 fully saturated rings. The van der Waals surface area contributed by atoms with Crippen LogP contribution in [0, 0.1) is 5.41 Å². The molecule has 2 unspecified atom stereocenters. The lowest BCUT2D eigenvalue weighted by Crippen LogP contribution is -2.47. The van der Waals surface area contributed by atoms with Gasteiger partial charge in [0.1, 0.15) is 0 Å². The van der Waals surface area contributed by atoms with Crippen molar-refractivity contribution in [2.24, 2.45) is 5.41 Å². The van der Waals surface area contributed by atoms with Crippen LogP contribution in [-0.4, -0.2) is 23.8 Å². The van der Waals surface area contributed by atoms with Crippen LogP contribution in [0.2, 0.25) is 0 Å². The van der Waals surface area contributed by atoms with Crippen LogP contribution in [0.4, 0.5) is 0 Å². The number of aliphatic hydroxyl groups is 1. The van der Waals surface area contributed by atoms with Gasteiger partial charge in [-0.3, -0.25) is 0 Å². The highest BCUT2D eigenvalue weighted by Crippen LogP contribution is 2.39. The summed E-state index contributed by atoms with van der Waals surface area (Å²) >= 11 is 0. The molecule has 0 heterocycles. The normalized spacial score (nSPS) is 36.4. The van der Waals surface area contributed by atoms with E-state index in [1.807, 2.05) is 0 Å². The van der Waals surface area contributed by atoms with Gasteiger partial charge >= 0.3 is 0 Å². The molecule has 0 spiro atoms. The fourth-order valence-electron chi connectivity index (χ4n) is 2.68. The van der Waals surface area contributed by atoms with E-state index in [0.29, 0.717) is 11.5 Å². The molecule has 0 aromatic heterocycles. The SMILES string of the molecule is CC1(CNC2CCCCC2O)CCC1. The number of hydrogen-bond acceptors (Lipinski definition) is 2. The van der Waals surface area contributed by atoms with Crippen LogP contribution in [-0.2, 0) is 0 Å². The zero-order chi connectivity index (χ0) is 10.0. The van der Waals surface area contributed by atoms with Gasteiger partial charge in [-0.15, -0.1) is 0 Å². The Morgan fingerprint density at radius 1 is 1.21 bits per heavy atom. The molecule has 2 N–H and O–H groups in total. The molecule has 82 valence electrons. The summed E-state index contributed by atoms with van der Waals surface area (Å²) in [6.45, 7) is 3.47. The molecule has 0 aromatic carbocycles. The Morgan fingerprint density at radius 3 is 2.50 bits per heavy atom. The maximum absolute atomic E-state index is 9.79. The fourth-order valence-corrected chi connectivity index (χ4v) is 2.68. The van der Waals surface area contributed by atoms with Crippen molar-refractivity contribution in [2.45, 2.75) is 64.0 Å². The average molecular weight is 197 g/mol. The van der Waals surface area contributed by atoms with Gasteiger partial charge in [-0.25, -0.2) is 0 Å². The van der Waals surface area contributed by atoms with Gasteiger partial charge in [-0.05, 0) is 31.1 Å². The molecular formula is C12H23NO. The number of nitrogens with one attached hydrogen (secondary N) is 1. The highest BCUT2D eigenvalue weighted by Gasteiger charge is 2.33. The largest absolute Gasteiger partial charge is 0.392 e. The van der Waals surface area contributed by atoms with Crippen molar-refractivity contribution in [2.75, 3.05) is 6.54 Å². The number of rotatable bonds is 3. The van der Waals surface area contributed by atoms with Gasteiger partial charge in [-0.2, -0.15) is 0 Å². The molecule has 2 nitrogen and oxygen atoms in total. The van der Waals surface area contributed by atoms with E-state index < -0.39 is 0 Å². The number of aliphatic hydroxyl groups excluding tert-OH is 1. The highest BCUT2D eigenvalue weighted by molar-refractivity contribution is 4.88. The van der Waals surface area contributed by atoms with Crippen molar-refractivity contribution in [3.05, 3.63) is 0 Å². The van der Waals surface area contributed by atoms with Gasteiger partial charge in [0.05, 0.1) is 6.10 Å². The van der Waals surface area contributed by atoms with Crippen molar-refractivity contribution < 1.29 is 5.11 Å². The van der Waals surface area contributed by atoms with Gasteiger partial charge in [0, 0.05) is 12.6 Å². The third kappa shape index (κ3) is 2.29. The highest BCUT2D eigenvalue weighted by atomic mass is 16.3. The Labute approximate surface area is 87.1 Å². The maximum atomic E-state index is 9.79. The van der Waals surface area contributed by atoms with Crippen molar-refractivity contribution in [3.8, 4) is 0 Å². The minimum atomic E-state index is -0.0903. The second kappa shape index (κ2) is 4.19. The molecule has 0 aliphatic heterocycles. The predicted molar refractivity (Wildman–Crippen MR) is 58.2 cm³/mol. The second-order valence-corrected chi connectivity index (χ2v) is 5.50. The minimum absolute atomic E-state index is 0.0903. The lowest BCUT2D eigenvalue weighted by Gasteiger charge is -2.41. The quantitative estimate of drug-likeness (QED) is 0.726. The van der Waals surface area contributed by atoms with E-state index in [1.165, 1.54) is 32.1 Å². The lowest BCUT2D eigenvalue weighted by molar-refractivity contribution is 0.0725. The second-order valence-electron chi connectivity index (χ2n) is 5.50. The van der Waals surface area contributed by atoms with Gasteiger partial charge in [0.25, 0.3) is 0 Å². The summed E-state index contributed by atoms with van der Waals surface area (Å²) in [6.07, 6.45) is 8.68. The summed E-state index contributed by atoms with van der Waals surface area (Å²) in [5.74, 6) is 0.